The van der Waals surface area contributed by atoms with E-state index < -0.39 is 0 Å². The van der Waals surface area contributed by atoms with Crippen molar-refractivity contribution in [3.63, 3.8) is 0 Å². The Morgan fingerprint density at radius 1 is 1.08 bits per heavy atom. The van der Waals surface area contributed by atoms with Crippen molar-refractivity contribution in [1.29, 1.82) is 0 Å². The van der Waals surface area contributed by atoms with Crippen molar-refractivity contribution in [1.82, 2.24) is 14.7 Å². The van der Waals surface area contributed by atoms with Crippen LogP contribution in [0.4, 0.5) is 0 Å². The molecule has 0 spiro atoms. The zero-order valence-electron chi connectivity index (χ0n) is 14.5. The summed E-state index contributed by atoms with van der Waals surface area (Å²) in [5, 5.41) is 4.36. The summed E-state index contributed by atoms with van der Waals surface area (Å²) in [6, 6.07) is 13.8. The maximum atomic E-state index is 5.85. The number of para-hydroxylation sites is 1. The molecule has 2 bridgehead atoms. The molecular weight excluding hydrogens is 298 g/mol. The molecule has 2 unspecified atom stereocenters. The van der Waals surface area contributed by atoms with Gasteiger partial charge >= 0.3 is 0 Å². The first kappa shape index (κ1) is 15.7. The predicted molar refractivity (Wildman–Crippen MR) is 95.3 cm³/mol. The second kappa shape index (κ2) is 6.98. The normalized spacial score (nSPS) is 26.6. The fourth-order valence-corrected chi connectivity index (χ4v) is 4.62. The second-order valence-corrected chi connectivity index (χ2v) is 7.19. The lowest BCUT2D eigenvalue weighted by Gasteiger charge is -2.39. The van der Waals surface area contributed by atoms with Gasteiger partial charge in [-0.2, -0.15) is 5.10 Å². The Kier molecular flexibility index (Phi) is 4.56. The summed E-state index contributed by atoms with van der Waals surface area (Å²) in [5.74, 6) is 1.67. The number of hydrogen-bond donors (Lipinski definition) is 0. The van der Waals surface area contributed by atoms with Gasteiger partial charge in [-0.25, -0.2) is 0 Å². The highest BCUT2D eigenvalue weighted by molar-refractivity contribution is 5.20. The topological polar surface area (TPSA) is 30.3 Å². The van der Waals surface area contributed by atoms with Gasteiger partial charge in [0.05, 0.1) is 6.61 Å². The van der Waals surface area contributed by atoms with Gasteiger partial charge in [-0.15, -0.1) is 0 Å². The predicted octanol–water partition coefficient (Wildman–Crippen LogP) is 3.60. The number of rotatable bonds is 6. The molecule has 0 saturated carbocycles. The van der Waals surface area contributed by atoms with E-state index in [9.17, 15) is 0 Å². The molecule has 4 rings (SSSR count). The summed E-state index contributed by atoms with van der Waals surface area (Å²) in [7, 11) is 2.07. The van der Waals surface area contributed by atoms with Crippen LogP contribution in [0.2, 0.25) is 0 Å². The Morgan fingerprint density at radius 2 is 1.83 bits per heavy atom. The second-order valence-electron chi connectivity index (χ2n) is 7.19. The number of hydrogen-bond acceptors (Lipinski definition) is 3. The van der Waals surface area contributed by atoms with E-state index in [2.05, 4.69) is 27.8 Å². The fraction of sp³-hybridized carbons (Fsp3) is 0.550. The van der Waals surface area contributed by atoms with Crippen molar-refractivity contribution in [3.05, 3.63) is 48.3 Å². The molecule has 2 aromatic rings. The van der Waals surface area contributed by atoms with E-state index in [0.29, 0.717) is 5.92 Å². The maximum Gasteiger partial charge on any atom is 0.119 e. The Labute approximate surface area is 144 Å². The van der Waals surface area contributed by atoms with Crippen molar-refractivity contribution in [2.24, 2.45) is 7.05 Å². The molecule has 24 heavy (non-hydrogen) atoms. The quantitative estimate of drug-likeness (QED) is 0.760. The zero-order chi connectivity index (χ0) is 16.4. The molecule has 1 aromatic carbocycles. The Morgan fingerprint density at radius 3 is 2.50 bits per heavy atom. The smallest absolute Gasteiger partial charge is 0.119 e. The molecular formula is C20H27N3O. The average Bonchev–Trinajstić information content (AvgIpc) is 3.13. The summed E-state index contributed by atoms with van der Waals surface area (Å²) in [4.78, 5) is 2.75. The minimum Gasteiger partial charge on any atom is -0.494 e. The van der Waals surface area contributed by atoms with Gasteiger partial charge in [0.2, 0.25) is 0 Å². The average molecular weight is 325 g/mol. The van der Waals surface area contributed by atoms with E-state index in [1.165, 1.54) is 37.9 Å². The van der Waals surface area contributed by atoms with Gasteiger partial charge in [0.25, 0.3) is 0 Å². The van der Waals surface area contributed by atoms with Crippen molar-refractivity contribution < 1.29 is 4.74 Å². The molecule has 128 valence electrons. The standard InChI is InChI=1S/C20H27N3O/c1-22-20(10-11-21-22)16-14-17-8-9-18(15-16)23(17)12-5-13-24-19-6-3-2-4-7-19/h2-4,6-7,10-11,16-18H,5,8-9,12-15H2,1H3. The van der Waals surface area contributed by atoms with Gasteiger partial charge in [0.15, 0.2) is 0 Å². The highest BCUT2D eigenvalue weighted by Gasteiger charge is 2.41. The minimum atomic E-state index is 0.687. The lowest BCUT2D eigenvalue weighted by atomic mass is 9.88. The van der Waals surface area contributed by atoms with Crippen LogP contribution in [0, 0.1) is 0 Å². The molecule has 2 aliphatic heterocycles. The number of nitrogens with zero attached hydrogens (tertiary/aromatic N) is 3. The number of aryl methyl sites for hydroxylation is 1. The maximum absolute atomic E-state index is 5.85. The monoisotopic (exact) mass is 325 g/mol. The van der Waals surface area contributed by atoms with Crippen LogP contribution >= 0.6 is 0 Å². The van der Waals surface area contributed by atoms with Crippen molar-refractivity contribution in [2.75, 3.05) is 13.2 Å². The molecule has 2 saturated heterocycles. The van der Waals surface area contributed by atoms with Gasteiger partial charge < -0.3 is 4.74 Å². The molecule has 0 radical (unpaired) electrons. The van der Waals surface area contributed by atoms with E-state index >= 15 is 0 Å². The molecule has 0 aliphatic carbocycles. The lowest BCUT2D eigenvalue weighted by Crippen LogP contribution is -2.43. The molecule has 4 nitrogen and oxygen atoms in total. The van der Waals surface area contributed by atoms with Gasteiger partial charge in [-0.1, -0.05) is 18.2 Å². The van der Waals surface area contributed by atoms with E-state index in [1.807, 2.05) is 36.5 Å². The summed E-state index contributed by atoms with van der Waals surface area (Å²) in [6.45, 7) is 1.98. The Balaban J connectivity index is 1.28. The molecule has 2 fully saturated rings. The van der Waals surface area contributed by atoms with Crippen LogP contribution in [0.3, 0.4) is 0 Å². The number of benzene rings is 1. The molecule has 4 heteroatoms. The van der Waals surface area contributed by atoms with Crippen LogP contribution in [-0.2, 0) is 7.05 Å². The van der Waals surface area contributed by atoms with Crippen molar-refractivity contribution >= 4 is 0 Å². The summed E-state index contributed by atoms with van der Waals surface area (Å²) in [6.07, 6.45) is 8.34. The van der Waals surface area contributed by atoms with Crippen LogP contribution in [0.25, 0.3) is 0 Å². The van der Waals surface area contributed by atoms with Crippen molar-refractivity contribution in [2.45, 2.75) is 50.1 Å². The highest BCUT2D eigenvalue weighted by Crippen LogP contribution is 2.42. The summed E-state index contributed by atoms with van der Waals surface area (Å²) >= 11 is 0. The lowest BCUT2D eigenvalue weighted by molar-refractivity contribution is 0.116. The molecule has 2 atom stereocenters. The number of aromatic nitrogens is 2. The SMILES string of the molecule is Cn1nccc1C1CC2CCC(C1)N2CCCOc1ccccc1. The first-order valence-corrected chi connectivity index (χ1v) is 9.23. The van der Waals surface area contributed by atoms with E-state index in [-0.39, 0.29) is 0 Å². The third kappa shape index (κ3) is 3.20. The van der Waals surface area contributed by atoms with Gasteiger partial charge in [0.1, 0.15) is 5.75 Å². The first-order valence-electron chi connectivity index (χ1n) is 9.23. The number of ether oxygens (including phenoxy) is 1. The van der Waals surface area contributed by atoms with E-state index in [4.69, 9.17) is 4.74 Å². The third-order valence-corrected chi connectivity index (χ3v) is 5.73. The van der Waals surface area contributed by atoms with Gasteiger partial charge in [0, 0.05) is 43.5 Å². The first-order chi connectivity index (χ1) is 11.8. The van der Waals surface area contributed by atoms with Gasteiger partial charge in [-0.05, 0) is 50.3 Å². The van der Waals surface area contributed by atoms with Crippen LogP contribution < -0.4 is 4.74 Å². The van der Waals surface area contributed by atoms with Crippen LogP contribution in [0.15, 0.2) is 42.6 Å². The number of fused-ring (bicyclic) bond motifs is 2. The highest BCUT2D eigenvalue weighted by atomic mass is 16.5. The molecule has 0 amide bonds. The Hall–Kier alpha value is -1.81. The largest absolute Gasteiger partial charge is 0.494 e. The summed E-state index contributed by atoms with van der Waals surface area (Å²) < 4.78 is 7.91. The van der Waals surface area contributed by atoms with Crippen LogP contribution in [-0.4, -0.2) is 39.9 Å². The molecule has 2 aliphatic rings. The molecule has 3 heterocycles. The fourth-order valence-electron chi connectivity index (χ4n) is 4.62. The minimum absolute atomic E-state index is 0.687. The summed E-state index contributed by atoms with van der Waals surface area (Å²) in [5.41, 5.74) is 1.42. The van der Waals surface area contributed by atoms with Crippen LogP contribution in [0.5, 0.6) is 5.75 Å². The Bertz CT molecular complexity index is 640. The molecule has 1 aromatic heterocycles. The number of piperidine rings is 1. The van der Waals surface area contributed by atoms with Gasteiger partial charge in [-0.3, -0.25) is 9.58 Å². The van der Waals surface area contributed by atoms with Crippen molar-refractivity contribution in [3.8, 4) is 5.75 Å². The van der Waals surface area contributed by atoms with Crippen LogP contribution in [0.1, 0.15) is 43.7 Å². The molecule has 0 N–H and O–H groups in total. The van der Waals surface area contributed by atoms with E-state index in [0.717, 1.165) is 30.9 Å². The zero-order valence-corrected chi connectivity index (χ0v) is 14.5. The van der Waals surface area contributed by atoms with E-state index in [1.54, 1.807) is 0 Å². The third-order valence-electron chi connectivity index (χ3n) is 5.73.